The Balaban J connectivity index is 1.70. The molecule has 1 atom stereocenters. The molecule has 1 unspecified atom stereocenters. The van der Waals surface area contributed by atoms with E-state index in [2.05, 4.69) is 23.2 Å². The van der Waals surface area contributed by atoms with Crippen LogP contribution in [0.15, 0.2) is 54.7 Å². The maximum absolute atomic E-state index is 11.7. The molecule has 164 valence electrons. The average Bonchev–Trinajstić information content (AvgIpc) is 2.83. The van der Waals surface area contributed by atoms with Crippen LogP contribution in [0.2, 0.25) is 0 Å². The second kappa shape index (κ2) is 8.78. The molecule has 1 fully saturated rings. The number of phenolic OH excluding ortho intramolecular Hbond substituents is 1. The number of hydrogen-bond donors (Lipinski definition) is 1. The monoisotopic (exact) mass is 427 g/mol. The second-order valence-corrected chi connectivity index (χ2v) is 9.05. The van der Waals surface area contributed by atoms with Crippen LogP contribution in [0.1, 0.15) is 67.6 Å². The molecule has 5 rings (SSSR count). The number of pyridine rings is 1. The van der Waals surface area contributed by atoms with E-state index in [1.807, 2.05) is 30.3 Å². The van der Waals surface area contributed by atoms with Gasteiger partial charge in [0.1, 0.15) is 5.75 Å². The van der Waals surface area contributed by atoms with Crippen LogP contribution in [-0.2, 0) is 16.0 Å². The first-order chi connectivity index (χ1) is 15.6. The molecular formula is C28H29NO3. The number of aromatic hydroxyl groups is 1. The van der Waals surface area contributed by atoms with E-state index in [-0.39, 0.29) is 11.9 Å². The van der Waals surface area contributed by atoms with Crippen molar-refractivity contribution < 1.29 is 14.6 Å². The standard InChI is InChI=1S/C28H29NO3/c1-18(30)32-17-20-16-24-22(25-12-5-6-15-29-25)10-7-11-23(24)28-26(31)14-13-21(27(20)28)19-8-3-2-4-9-19/h5-7,10-15,19-20,31H,2-4,8-9,16-17H2,1H3. The van der Waals surface area contributed by atoms with Gasteiger partial charge in [-0.3, -0.25) is 9.78 Å². The van der Waals surface area contributed by atoms with Gasteiger partial charge in [0.25, 0.3) is 0 Å². The Hall–Kier alpha value is -3.14. The molecule has 0 bridgehead atoms. The summed E-state index contributed by atoms with van der Waals surface area (Å²) in [6.07, 6.45) is 8.71. The normalized spacial score (nSPS) is 18.0. The van der Waals surface area contributed by atoms with Crippen LogP contribution < -0.4 is 0 Å². The summed E-state index contributed by atoms with van der Waals surface area (Å²) in [4.78, 5) is 16.3. The van der Waals surface area contributed by atoms with E-state index in [1.54, 1.807) is 6.20 Å². The molecule has 4 nitrogen and oxygen atoms in total. The number of nitrogens with zero attached hydrogens (tertiary/aromatic N) is 1. The Kier molecular flexibility index (Phi) is 5.69. The number of esters is 1. The highest BCUT2D eigenvalue weighted by Crippen LogP contribution is 2.51. The van der Waals surface area contributed by atoms with Gasteiger partial charge < -0.3 is 9.84 Å². The van der Waals surface area contributed by atoms with Crippen LogP contribution in [0, 0.1) is 0 Å². The fourth-order valence-electron chi connectivity index (χ4n) is 5.63. The maximum Gasteiger partial charge on any atom is 0.302 e. The largest absolute Gasteiger partial charge is 0.507 e. The minimum Gasteiger partial charge on any atom is -0.507 e. The maximum atomic E-state index is 11.7. The molecular weight excluding hydrogens is 398 g/mol. The summed E-state index contributed by atoms with van der Waals surface area (Å²) in [6.45, 7) is 1.78. The minimum atomic E-state index is -0.269. The van der Waals surface area contributed by atoms with E-state index >= 15 is 0 Å². The first kappa shape index (κ1) is 20.7. The third-order valence-corrected chi connectivity index (χ3v) is 7.03. The van der Waals surface area contributed by atoms with Gasteiger partial charge in [-0.1, -0.05) is 49.6 Å². The molecule has 1 saturated carbocycles. The van der Waals surface area contributed by atoms with E-state index in [0.717, 1.165) is 34.4 Å². The van der Waals surface area contributed by atoms with Gasteiger partial charge in [0.2, 0.25) is 0 Å². The van der Waals surface area contributed by atoms with Gasteiger partial charge in [0, 0.05) is 30.2 Å². The summed E-state index contributed by atoms with van der Waals surface area (Å²) in [7, 11) is 0. The Morgan fingerprint density at radius 1 is 1.03 bits per heavy atom. The third kappa shape index (κ3) is 3.79. The first-order valence-corrected chi connectivity index (χ1v) is 11.7. The number of hydrogen-bond acceptors (Lipinski definition) is 4. The van der Waals surface area contributed by atoms with Crippen LogP contribution in [-0.4, -0.2) is 22.7 Å². The van der Waals surface area contributed by atoms with Crippen molar-refractivity contribution in [3.63, 3.8) is 0 Å². The Labute approximate surface area is 189 Å². The van der Waals surface area contributed by atoms with Gasteiger partial charge in [0.05, 0.1) is 12.3 Å². The lowest BCUT2D eigenvalue weighted by atomic mass is 9.71. The second-order valence-electron chi connectivity index (χ2n) is 9.05. The van der Waals surface area contributed by atoms with E-state index in [9.17, 15) is 9.90 Å². The molecule has 2 aliphatic rings. The summed E-state index contributed by atoms with van der Waals surface area (Å²) in [5, 5.41) is 11.1. The summed E-state index contributed by atoms with van der Waals surface area (Å²) in [5.74, 6) is 0.537. The molecule has 2 aliphatic carbocycles. The number of benzene rings is 2. The summed E-state index contributed by atoms with van der Waals surface area (Å²) in [6, 6.07) is 16.1. The Morgan fingerprint density at radius 2 is 1.84 bits per heavy atom. The Morgan fingerprint density at radius 3 is 2.59 bits per heavy atom. The Bertz CT molecular complexity index is 1130. The zero-order chi connectivity index (χ0) is 22.1. The highest BCUT2D eigenvalue weighted by atomic mass is 16.5. The van der Waals surface area contributed by atoms with Gasteiger partial charge in [0.15, 0.2) is 0 Å². The molecule has 0 radical (unpaired) electrons. The molecule has 1 heterocycles. The SMILES string of the molecule is CC(=O)OCC1Cc2c(-c3ccccn3)cccc2-c2c(O)ccc(C3CCCCC3)c21. The third-order valence-electron chi connectivity index (χ3n) is 7.03. The van der Waals surface area contributed by atoms with Gasteiger partial charge in [-0.05, 0) is 65.6 Å². The lowest BCUT2D eigenvalue weighted by molar-refractivity contribution is -0.141. The molecule has 4 heteroatoms. The van der Waals surface area contributed by atoms with Crippen LogP contribution >= 0.6 is 0 Å². The van der Waals surface area contributed by atoms with Crippen LogP contribution in [0.5, 0.6) is 5.75 Å². The number of rotatable bonds is 4. The van der Waals surface area contributed by atoms with Crippen LogP contribution in [0.25, 0.3) is 22.4 Å². The number of phenols is 1. The molecule has 1 N–H and O–H groups in total. The number of ether oxygens (including phenoxy) is 1. The summed E-state index contributed by atoms with van der Waals surface area (Å²) in [5.41, 5.74) is 7.62. The molecule has 32 heavy (non-hydrogen) atoms. The predicted octanol–water partition coefficient (Wildman–Crippen LogP) is 6.37. The molecule has 0 amide bonds. The molecule has 3 aromatic rings. The molecule has 0 saturated heterocycles. The van der Waals surface area contributed by atoms with Crippen molar-refractivity contribution in [1.82, 2.24) is 4.98 Å². The van der Waals surface area contributed by atoms with Crippen LogP contribution in [0.4, 0.5) is 0 Å². The first-order valence-electron chi connectivity index (χ1n) is 11.7. The molecule has 0 spiro atoms. The van der Waals surface area contributed by atoms with Crippen molar-refractivity contribution in [1.29, 1.82) is 0 Å². The van der Waals surface area contributed by atoms with Crippen molar-refractivity contribution in [3.05, 3.63) is 71.4 Å². The van der Waals surface area contributed by atoms with E-state index in [4.69, 9.17) is 4.74 Å². The fourth-order valence-corrected chi connectivity index (χ4v) is 5.63. The topological polar surface area (TPSA) is 59.4 Å². The highest BCUT2D eigenvalue weighted by Gasteiger charge is 2.33. The van der Waals surface area contributed by atoms with Crippen molar-refractivity contribution in [2.75, 3.05) is 6.61 Å². The molecule has 1 aromatic heterocycles. The molecule has 0 aliphatic heterocycles. The van der Waals surface area contributed by atoms with E-state index < -0.39 is 0 Å². The number of fused-ring (bicyclic) bond motifs is 3. The van der Waals surface area contributed by atoms with Crippen molar-refractivity contribution in [2.45, 2.75) is 57.3 Å². The quantitative estimate of drug-likeness (QED) is 0.491. The van der Waals surface area contributed by atoms with Crippen molar-refractivity contribution in [2.24, 2.45) is 0 Å². The van der Waals surface area contributed by atoms with Crippen LogP contribution in [0.3, 0.4) is 0 Å². The lowest BCUT2D eigenvalue weighted by Crippen LogP contribution is -2.22. The number of carbonyl (C=O) groups excluding carboxylic acids is 1. The predicted molar refractivity (Wildman–Crippen MR) is 126 cm³/mol. The zero-order valence-electron chi connectivity index (χ0n) is 18.5. The number of aromatic nitrogens is 1. The number of carbonyl (C=O) groups is 1. The minimum absolute atomic E-state index is 0.00953. The lowest BCUT2D eigenvalue weighted by Gasteiger charge is -2.34. The summed E-state index contributed by atoms with van der Waals surface area (Å²) >= 11 is 0. The summed E-state index contributed by atoms with van der Waals surface area (Å²) < 4.78 is 5.54. The van der Waals surface area contributed by atoms with Crippen molar-refractivity contribution in [3.8, 4) is 28.1 Å². The molecule has 2 aromatic carbocycles. The zero-order valence-corrected chi connectivity index (χ0v) is 18.5. The van der Waals surface area contributed by atoms with Gasteiger partial charge >= 0.3 is 5.97 Å². The van der Waals surface area contributed by atoms with Gasteiger partial charge in [-0.25, -0.2) is 0 Å². The van der Waals surface area contributed by atoms with E-state index in [1.165, 1.54) is 50.2 Å². The van der Waals surface area contributed by atoms with E-state index in [0.29, 0.717) is 18.3 Å². The van der Waals surface area contributed by atoms with Gasteiger partial charge in [-0.2, -0.15) is 0 Å². The smallest absolute Gasteiger partial charge is 0.302 e. The highest BCUT2D eigenvalue weighted by molar-refractivity contribution is 5.85. The average molecular weight is 428 g/mol. The van der Waals surface area contributed by atoms with Gasteiger partial charge in [-0.15, -0.1) is 0 Å². The fraction of sp³-hybridized carbons (Fsp3) is 0.357. The van der Waals surface area contributed by atoms with Crippen molar-refractivity contribution >= 4 is 5.97 Å².